The van der Waals surface area contributed by atoms with Crippen molar-refractivity contribution in [3.8, 4) is 11.5 Å². The Morgan fingerprint density at radius 1 is 1.06 bits per heavy atom. The van der Waals surface area contributed by atoms with Crippen LogP contribution in [0.4, 0.5) is 4.39 Å². The fraction of sp³-hybridized carbons (Fsp3) is 0.464. The van der Waals surface area contributed by atoms with E-state index in [-0.39, 0.29) is 17.8 Å². The normalized spacial score (nSPS) is 21.8. The molecule has 0 spiro atoms. The number of carbonyl (C=O) groups excluding carboxylic acids is 1. The van der Waals surface area contributed by atoms with Crippen LogP contribution >= 0.6 is 0 Å². The number of benzene rings is 1. The molecule has 188 valence electrons. The van der Waals surface area contributed by atoms with Crippen LogP contribution in [-0.2, 0) is 4.79 Å². The molecule has 0 aliphatic carbocycles. The lowest BCUT2D eigenvalue weighted by molar-refractivity contribution is -0.138. The van der Waals surface area contributed by atoms with E-state index in [1.54, 1.807) is 6.20 Å². The molecule has 6 rings (SSSR count). The molecule has 2 aromatic heterocycles. The monoisotopic (exact) mass is 488 g/mol. The zero-order valence-corrected chi connectivity index (χ0v) is 20.5. The Morgan fingerprint density at radius 2 is 1.89 bits per heavy atom. The second-order valence-corrected chi connectivity index (χ2v) is 10.3. The summed E-state index contributed by atoms with van der Waals surface area (Å²) in [5, 5.41) is 3.41. The molecular weight excluding hydrogens is 455 g/mol. The van der Waals surface area contributed by atoms with Crippen LogP contribution in [0.5, 0.6) is 0 Å². The van der Waals surface area contributed by atoms with E-state index in [2.05, 4.69) is 36.9 Å². The molecule has 5 heterocycles. The van der Waals surface area contributed by atoms with E-state index in [0.717, 1.165) is 81.9 Å². The number of hydrogen-bond donors (Lipinski definition) is 1. The quantitative estimate of drug-likeness (QED) is 0.588. The number of pyridine rings is 1. The molecule has 3 aromatic rings. The number of aromatic nitrogens is 3. The summed E-state index contributed by atoms with van der Waals surface area (Å²) in [6.07, 6.45) is 10.7. The smallest absolute Gasteiger partial charge is 0.225 e. The molecule has 2 fully saturated rings. The maximum Gasteiger partial charge on any atom is 0.225 e. The number of imidazole rings is 1. The molecule has 1 amide bonds. The third kappa shape index (κ3) is 4.62. The third-order valence-electron chi connectivity index (χ3n) is 7.97. The van der Waals surface area contributed by atoms with Gasteiger partial charge >= 0.3 is 0 Å². The Hall–Kier alpha value is -3.26. The Balaban J connectivity index is 1.12. The first-order valence-corrected chi connectivity index (χ1v) is 13.2. The van der Waals surface area contributed by atoms with Gasteiger partial charge in [-0.3, -0.25) is 9.78 Å². The van der Waals surface area contributed by atoms with Crippen molar-refractivity contribution in [3.05, 3.63) is 60.7 Å². The number of piperidine rings is 2. The fourth-order valence-corrected chi connectivity index (χ4v) is 6.03. The predicted molar refractivity (Wildman–Crippen MR) is 138 cm³/mol. The molecule has 8 heteroatoms. The molecule has 3 aliphatic rings. The van der Waals surface area contributed by atoms with Gasteiger partial charge in [-0.05, 0) is 75.7 Å². The summed E-state index contributed by atoms with van der Waals surface area (Å²) in [4.78, 5) is 27.2. The first-order chi connectivity index (χ1) is 17.7. The molecule has 3 aliphatic heterocycles. The topological polar surface area (TPSA) is 66.3 Å². The van der Waals surface area contributed by atoms with Gasteiger partial charge in [0.2, 0.25) is 5.91 Å². The van der Waals surface area contributed by atoms with Gasteiger partial charge in [0.25, 0.3) is 0 Å². The Labute approximate surface area is 211 Å². The molecule has 1 N–H and O–H groups in total. The molecule has 1 atom stereocenters. The van der Waals surface area contributed by atoms with Gasteiger partial charge in [0.15, 0.2) is 5.82 Å². The van der Waals surface area contributed by atoms with E-state index in [1.807, 2.05) is 24.3 Å². The highest BCUT2D eigenvalue weighted by atomic mass is 19.1. The summed E-state index contributed by atoms with van der Waals surface area (Å²) in [5.74, 6) is 0.924. The lowest BCUT2D eigenvalue weighted by Gasteiger charge is -2.38. The number of carbonyl (C=O) groups is 1. The maximum atomic E-state index is 13.9. The van der Waals surface area contributed by atoms with Crippen LogP contribution in [0.2, 0.25) is 0 Å². The van der Waals surface area contributed by atoms with Crippen molar-refractivity contribution < 1.29 is 9.18 Å². The second-order valence-electron chi connectivity index (χ2n) is 10.3. The van der Waals surface area contributed by atoms with Gasteiger partial charge in [-0.2, -0.15) is 0 Å². The molecule has 36 heavy (non-hydrogen) atoms. The molecule has 0 radical (unpaired) electrons. The van der Waals surface area contributed by atoms with E-state index in [1.165, 1.54) is 12.1 Å². The highest BCUT2D eigenvalue weighted by molar-refractivity contribution is 5.81. The summed E-state index contributed by atoms with van der Waals surface area (Å²) < 4.78 is 16.2. The SMILES string of the molecule is O=C(C1CCN(CC2CC=CN2)CC1)N1CCC(n2c(-c3ccccn3)nc3cc(F)ccc32)CC1. The number of nitrogens with zero attached hydrogens (tertiary/aromatic N) is 5. The number of nitrogens with one attached hydrogen (secondary N) is 1. The summed E-state index contributed by atoms with van der Waals surface area (Å²) in [7, 11) is 0. The van der Waals surface area contributed by atoms with E-state index >= 15 is 0 Å². The lowest BCUT2D eigenvalue weighted by atomic mass is 9.93. The van der Waals surface area contributed by atoms with Crippen molar-refractivity contribution >= 4 is 16.9 Å². The minimum absolute atomic E-state index is 0.133. The largest absolute Gasteiger partial charge is 0.387 e. The van der Waals surface area contributed by atoms with Gasteiger partial charge in [-0.15, -0.1) is 0 Å². The van der Waals surface area contributed by atoms with Crippen LogP contribution in [0.3, 0.4) is 0 Å². The molecule has 7 nitrogen and oxygen atoms in total. The maximum absolute atomic E-state index is 13.9. The highest BCUT2D eigenvalue weighted by Gasteiger charge is 2.33. The summed E-state index contributed by atoms with van der Waals surface area (Å²) in [5.41, 5.74) is 2.34. The van der Waals surface area contributed by atoms with Gasteiger partial charge in [0, 0.05) is 49.9 Å². The molecule has 2 saturated heterocycles. The van der Waals surface area contributed by atoms with Crippen molar-refractivity contribution in [3.63, 3.8) is 0 Å². The molecule has 0 saturated carbocycles. The van der Waals surface area contributed by atoms with Crippen molar-refractivity contribution in [2.24, 2.45) is 5.92 Å². The Bertz CT molecular complexity index is 1230. The number of likely N-dealkylation sites (tertiary alicyclic amines) is 2. The van der Waals surface area contributed by atoms with E-state index < -0.39 is 0 Å². The highest BCUT2D eigenvalue weighted by Crippen LogP contribution is 2.34. The van der Waals surface area contributed by atoms with E-state index in [9.17, 15) is 9.18 Å². The van der Waals surface area contributed by atoms with Crippen LogP contribution in [-0.4, -0.2) is 69.0 Å². The van der Waals surface area contributed by atoms with E-state index in [4.69, 9.17) is 4.98 Å². The van der Waals surface area contributed by atoms with Crippen LogP contribution in [0, 0.1) is 11.7 Å². The van der Waals surface area contributed by atoms with E-state index in [0.29, 0.717) is 17.5 Å². The van der Waals surface area contributed by atoms with Gasteiger partial charge in [-0.1, -0.05) is 12.1 Å². The number of halogens is 1. The van der Waals surface area contributed by atoms with Crippen LogP contribution in [0.1, 0.15) is 38.1 Å². The Morgan fingerprint density at radius 3 is 2.61 bits per heavy atom. The summed E-state index contributed by atoms with van der Waals surface area (Å²) >= 11 is 0. The summed E-state index contributed by atoms with van der Waals surface area (Å²) in [6.45, 7) is 4.53. The van der Waals surface area contributed by atoms with Gasteiger partial charge in [0.05, 0.1) is 11.0 Å². The van der Waals surface area contributed by atoms with Gasteiger partial charge in [-0.25, -0.2) is 9.37 Å². The second kappa shape index (κ2) is 10.0. The van der Waals surface area contributed by atoms with Gasteiger partial charge < -0.3 is 19.7 Å². The number of amides is 1. The first-order valence-electron chi connectivity index (χ1n) is 13.2. The number of hydrogen-bond acceptors (Lipinski definition) is 5. The molecule has 1 aromatic carbocycles. The molecular formula is C28H33FN6O. The number of rotatable bonds is 5. The number of fused-ring (bicyclic) bond motifs is 1. The van der Waals surface area contributed by atoms with Crippen molar-refractivity contribution in [1.82, 2.24) is 29.7 Å². The predicted octanol–water partition coefficient (Wildman–Crippen LogP) is 3.99. The zero-order chi connectivity index (χ0) is 24.5. The molecule has 0 bridgehead atoms. The minimum Gasteiger partial charge on any atom is -0.387 e. The van der Waals surface area contributed by atoms with Crippen molar-refractivity contribution in [2.75, 3.05) is 32.7 Å². The average molecular weight is 489 g/mol. The Kier molecular flexibility index (Phi) is 6.44. The summed E-state index contributed by atoms with van der Waals surface area (Å²) in [6, 6.07) is 11.3. The fourth-order valence-electron chi connectivity index (χ4n) is 6.03. The lowest BCUT2D eigenvalue weighted by Crippen LogP contribution is -2.47. The van der Waals surface area contributed by atoms with Crippen LogP contribution < -0.4 is 5.32 Å². The first kappa shape index (κ1) is 23.2. The van der Waals surface area contributed by atoms with Crippen molar-refractivity contribution in [2.45, 2.75) is 44.2 Å². The average Bonchev–Trinajstić information content (AvgIpc) is 3.57. The third-order valence-corrected chi connectivity index (χ3v) is 7.97. The van der Waals surface area contributed by atoms with Crippen molar-refractivity contribution in [1.29, 1.82) is 0 Å². The minimum atomic E-state index is -0.289. The zero-order valence-electron chi connectivity index (χ0n) is 20.5. The van der Waals surface area contributed by atoms with Gasteiger partial charge in [0.1, 0.15) is 11.5 Å². The standard InChI is InChI=1S/C28H33FN6O/c29-21-6-7-26-25(18-21)32-27(24-5-1-2-12-31-24)35(26)23-10-16-34(17-11-23)28(36)20-8-14-33(15-9-20)19-22-4-3-13-30-22/h1-3,5-7,12-13,18,20,22-23,30H,4,8-11,14-17,19H2. The molecule has 1 unspecified atom stereocenters. The van der Waals surface area contributed by atoms with Crippen LogP contribution in [0.25, 0.3) is 22.6 Å². The van der Waals surface area contributed by atoms with Crippen LogP contribution in [0.15, 0.2) is 54.9 Å².